The zero-order valence-electron chi connectivity index (χ0n) is 9.77. The number of rotatable bonds is 4. The van der Waals surface area contributed by atoms with Crippen LogP contribution in [0, 0.1) is 5.92 Å². The summed E-state index contributed by atoms with van der Waals surface area (Å²) in [7, 11) is 2.11. The van der Waals surface area contributed by atoms with Gasteiger partial charge in [0, 0.05) is 30.5 Å². The van der Waals surface area contributed by atoms with Gasteiger partial charge in [0.1, 0.15) is 0 Å². The normalized spacial score (nSPS) is 11.6. The van der Waals surface area contributed by atoms with E-state index in [4.69, 9.17) is 0 Å². The van der Waals surface area contributed by atoms with Crippen LogP contribution in [0.3, 0.4) is 0 Å². The van der Waals surface area contributed by atoms with Crippen molar-refractivity contribution in [2.45, 2.75) is 19.2 Å². The third kappa shape index (κ3) is 2.11. The van der Waals surface area contributed by atoms with E-state index in [0.717, 1.165) is 22.7 Å². The summed E-state index contributed by atoms with van der Waals surface area (Å²) in [6.45, 7) is 5.48. The SMILES string of the molecule is CC(C)CN(C)c1nc2sccn2c1CBr. The highest BCUT2D eigenvalue weighted by Gasteiger charge is 2.15. The van der Waals surface area contributed by atoms with Crippen LogP contribution in [0.2, 0.25) is 0 Å². The zero-order chi connectivity index (χ0) is 11.7. The molecule has 0 unspecified atom stereocenters. The Morgan fingerprint density at radius 3 is 2.94 bits per heavy atom. The van der Waals surface area contributed by atoms with E-state index >= 15 is 0 Å². The van der Waals surface area contributed by atoms with Crippen LogP contribution in [-0.2, 0) is 5.33 Å². The van der Waals surface area contributed by atoms with Crippen LogP contribution in [0.15, 0.2) is 11.6 Å². The molecule has 0 aliphatic heterocycles. The molecule has 0 atom stereocenters. The van der Waals surface area contributed by atoms with E-state index in [2.05, 4.69) is 62.7 Å². The molecule has 0 N–H and O–H groups in total. The van der Waals surface area contributed by atoms with Crippen molar-refractivity contribution in [3.8, 4) is 0 Å². The molecule has 0 aliphatic carbocycles. The van der Waals surface area contributed by atoms with Crippen molar-refractivity contribution in [3.63, 3.8) is 0 Å². The van der Waals surface area contributed by atoms with Crippen molar-refractivity contribution in [2.75, 3.05) is 18.5 Å². The highest BCUT2D eigenvalue weighted by atomic mass is 79.9. The zero-order valence-corrected chi connectivity index (χ0v) is 12.2. The molecule has 88 valence electrons. The van der Waals surface area contributed by atoms with E-state index in [1.165, 1.54) is 5.69 Å². The summed E-state index contributed by atoms with van der Waals surface area (Å²) in [5.74, 6) is 1.74. The Bertz CT molecular complexity index is 474. The van der Waals surface area contributed by atoms with Crippen molar-refractivity contribution >= 4 is 38.0 Å². The third-order valence-electron chi connectivity index (χ3n) is 2.47. The smallest absolute Gasteiger partial charge is 0.195 e. The van der Waals surface area contributed by atoms with E-state index < -0.39 is 0 Å². The van der Waals surface area contributed by atoms with E-state index in [1.54, 1.807) is 11.3 Å². The van der Waals surface area contributed by atoms with Crippen molar-refractivity contribution < 1.29 is 0 Å². The first-order valence-electron chi connectivity index (χ1n) is 5.35. The average Bonchev–Trinajstić information content (AvgIpc) is 2.74. The van der Waals surface area contributed by atoms with Gasteiger partial charge in [0.2, 0.25) is 0 Å². The molecule has 0 bridgehead atoms. The predicted octanol–water partition coefficient (Wildman–Crippen LogP) is 3.38. The number of hydrogen-bond acceptors (Lipinski definition) is 3. The minimum Gasteiger partial charge on any atom is -0.358 e. The number of anilines is 1. The molecule has 0 spiro atoms. The summed E-state index contributed by atoms with van der Waals surface area (Å²) in [6.07, 6.45) is 2.08. The van der Waals surface area contributed by atoms with Crippen LogP contribution in [0.4, 0.5) is 5.82 Å². The first-order valence-corrected chi connectivity index (χ1v) is 7.35. The standard InChI is InChI=1S/C11H16BrN3S/c1-8(2)7-14(3)10-9(6-12)15-4-5-16-11(15)13-10/h4-5,8H,6-7H2,1-3H3. The molecule has 0 aromatic carbocycles. The minimum absolute atomic E-state index is 0.646. The lowest BCUT2D eigenvalue weighted by atomic mass is 10.2. The van der Waals surface area contributed by atoms with Gasteiger partial charge in [0.25, 0.3) is 0 Å². The fourth-order valence-corrected chi connectivity index (χ4v) is 3.13. The number of thiazole rings is 1. The summed E-state index contributed by atoms with van der Waals surface area (Å²) in [5.41, 5.74) is 1.24. The van der Waals surface area contributed by atoms with E-state index in [-0.39, 0.29) is 0 Å². The highest BCUT2D eigenvalue weighted by molar-refractivity contribution is 9.08. The maximum Gasteiger partial charge on any atom is 0.195 e. The molecule has 2 rings (SSSR count). The van der Waals surface area contributed by atoms with Crippen LogP contribution in [-0.4, -0.2) is 23.0 Å². The Balaban J connectivity index is 2.38. The second-order valence-corrected chi connectivity index (χ2v) is 5.78. The summed E-state index contributed by atoms with van der Waals surface area (Å²) < 4.78 is 2.16. The van der Waals surface area contributed by atoms with Crippen LogP contribution in [0.1, 0.15) is 19.5 Å². The molecule has 0 saturated carbocycles. The molecular weight excluding hydrogens is 286 g/mol. The maximum absolute atomic E-state index is 4.67. The van der Waals surface area contributed by atoms with Gasteiger partial charge in [-0.15, -0.1) is 11.3 Å². The molecule has 0 amide bonds. The molecule has 0 fully saturated rings. The molecule has 2 aromatic heterocycles. The van der Waals surface area contributed by atoms with Crippen LogP contribution < -0.4 is 4.90 Å². The molecular formula is C11H16BrN3S. The topological polar surface area (TPSA) is 20.5 Å². The van der Waals surface area contributed by atoms with E-state index in [0.29, 0.717) is 5.92 Å². The number of aromatic nitrogens is 2. The summed E-state index contributed by atoms with van der Waals surface area (Å²) in [4.78, 5) is 7.98. The number of hydrogen-bond donors (Lipinski definition) is 0. The summed E-state index contributed by atoms with van der Waals surface area (Å²) in [5, 5.41) is 2.91. The van der Waals surface area contributed by atoms with Crippen LogP contribution in [0.5, 0.6) is 0 Å². The fourth-order valence-electron chi connectivity index (χ4n) is 1.89. The lowest BCUT2D eigenvalue weighted by molar-refractivity contribution is 0.634. The predicted molar refractivity (Wildman–Crippen MR) is 73.8 cm³/mol. The van der Waals surface area contributed by atoms with E-state index in [9.17, 15) is 0 Å². The number of fused-ring (bicyclic) bond motifs is 1. The Hall–Kier alpha value is -0.550. The second-order valence-electron chi connectivity index (χ2n) is 4.35. The molecule has 5 heteroatoms. The maximum atomic E-state index is 4.67. The molecule has 0 aliphatic rings. The Kier molecular flexibility index (Phi) is 3.54. The van der Waals surface area contributed by atoms with Crippen molar-refractivity contribution in [1.29, 1.82) is 0 Å². The monoisotopic (exact) mass is 301 g/mol. The minimum atomic E-state index is 0.646. The van der Waals surface area contributed by atoms with Gasteiger partial charge in [0.15, 0.2) is 10.8 Å². The van der Waals surface area contributed by atoms with Gasteiger partial charge >= 0.3 is 0 Å². The Labute approximate surface area is 108 Å². The largest absolute Gasteiger partial charge is 0.358 e. The lowest BCUT2D eigenvalue weighted by Gasteiger charge is -2.19. The fraction of sp³-hybridized carbons (Fsp3) is 0.545. The van der Waals surface area contributed by atoms with Gasteiger partial charge < -0.3 is 4.90 Å². The molecule has 2 heterocycles. The first kappa shape index (κ1) is 11.9. The lowest BCUT2D eigenvalue weighted by Crippen LogP contribution is -2.23. The highest BCUT2D eigenvalue weighted by Crippen LogP contribution is 2.26. The second kappa shape index (κ2) is 4.75. The number of imidazole rings is 1. The van der Waals surface area contributed by atoms with Crippen LogP contribution in [0.25, 0.3) is 4.96 Å². The molecule has 3 nitrogen and oxygen atoms in total. The molecule has 0 saturated heterocycles. The van der Waals surface area contributed by atoms with Crippen molar-refractivity contribution in [3.05, 3.63) is 17.3 Å². The Morgan fingerprint density at radius 1 is 1.56 bits per heavy atom. The van der Waals surface area contributed by atoms with Gasteiger partial charge in [-0.1, -0.05) is 29.8 Å². The quantitative estimate of drug-likeness (QED) is 0.807. The van der Waals surface area contributed by atoms with Gasteiger partial charge in [0.05, 0.1) is 5.69 Å². The molecule has 2 aromatic rings. The van der Waals surface area contributed by atoms with Gasteiger partial charge in [-0.3, -0.25) is 4.40 Å². The van der Waals surface area contributed by atoms with Gasteiger partial charge in [-0.25, -0.2) is 4.98 Å². The number of halogens is 1. The van der Waals surface area contributed by atoms with E-state index in [1.807, 2.05) is 0 Å². The number of nitrogens with zero attached hydrogens (tertiary/aromatic N) is 3. The van der Waals surface area contributed by atoms with Crippen molar-refractivity contribution in [2.24, 2.45) is 5.92 Å². The first-order chi connectivity index (χ1) is 7.63. The molecule has 0 radical (unpaired) electrons. The third-order valence-corrected chi connectivity index (χ3v) is 3.75. The summed E-state index contributed by atoms with van der Waals surface area (Å²) in [6, 6.07) is 0. The molecule has 16 heavy (non-hydrogen) atoms. The average molecular weight is 302 g/mol. The van der Waals surface area contributed by atoms with Gasteiger partial charge in [-0.05, 0) is 5.92 Å². The summed E-state index contributed by atoms with van der Waals surface area (Å²) >= 11 is 5.22. The van der Waals surface area contributed by atoms with Crippen molar-refractivity contribution in [1.82, 2.24) is 9.38 Å². The Morgan fingerprint density at radius 2 is 2.31 bits per heavy atom. The number of alkyl halides is 1. The van der Waals surface area contributed by atoms with Crippen LogP contribution >= 0.6 is 27.3 Å². The van der Waals surface area contributed by atoms with Gasteiger partial charge in [-0.2, -0.15) is 0 Å².